The number of anilines is 1. The van der Waals surface area contributed by atoms with E-state index in [0.29, 0.717) is 0 Å². The maximum atomic E-state index is 12.4. The predicted molar refractivity (Wildman–Crippen MR) is 93.9 cm³/mol. The number of ether oxygens (including phenoxy) is 1. The van der Waals surface area contributed by atoms with Crippen LogP contribution in [0.1, 0.15) is 26.2 Å². The van der Waals surface area contributed by atoms with Gasteiger partial charge in [-0.3, -0.25) is 9.69 Å². The monoisotopic (exact) mass is 319 g/mol. The number of amides is 1. The van der Waals surface area contributed by atoms with Crippen LogP contribution in [0.4, 0.5) is 5.69 Å². The molecule has 1 aliphatic heterocycles. The molecule has 5 heteroatoms. The molecule has 1 unspecified atom stereocenters. The molecule has 1 heterocycles. The normalized spacial score (nSPS) is 17.7. The van der Waals surface area contributed by atoms with Gasteiger partial charge in [-0.05, 0) is 83.1 Å². The van der Waals surface area contributed by atoms with E-state index in [9.17, 15) is 4.79 Å². The molecule has 128 valence electrons. The predicted octanol–water partition coefficient (Wildman–Crippen LogP) is 2.34. The van der Waals surface area contributed by atoms with E-state index < -0.39 is 0 Å². The van der Waals surface area contributed by atoms with Crippen molar-refractivity contribution in [2.24, 2.45) is 5.92 Å². The van der Waals surface area contributed by atoms with Crippen molar-refractivity contribution in [3.63, 3.8) is 0 Å². The second-order valence-electron chi connectivity index (χ2n) is 6.27. The number of carbonyl (C=O) groups excluding carboxylic acids is 1. The largest absolute Gasteiger partial charge is 0.497 e. The van der Waals surface area contributed by atoms with Crippen LogP contribution >= 0.6 is 0 Å². The minimum Gasteiger partial charge on any atom is -0.497 e. The van der Waals surface area contributed by atoms with Crippen molar-refractivity contribution in [3.05, 3.63) is 24.3 Å². The number of rotatable bonds is 7. The van der Waals surface area contributed by atoms with Gasteiger partial charge in [-0.25, -0.2) is 0 Å². The van der Waals surface area contributed by atoms with Gasteiger partial charge in [0.25, 0.3) is 0 Å². The minimum absolute atomic E-state index is 0.0591. The van der Waals surface area contributed by atoms with Gasteiger partial charge in [0.2, 0.25) is 5.91 Å². The van der Waals surface area contributed by atoms with E-state index in [2.05, 4.69) is 15.5 Å². The number of piperidine rings is 1. The van der Waals surface area contributed by atoms with Crippen molar-refractivity contribution < 1.29 is 9.53 Å². The van der Waals surface area contributed by atoms with Crippen LogP contribution in [-0.4, -0.2) is 50.6 Å². The fourth-order valence-electron chi connectivity index (χ4n) is 3.06. The highest BCUT2D eigenvalue weighted by Gasteiger charge is 2.26. The summed E-state index contributed by atoms with van der Waals surface area (Å²) in [6.07, 6.45) is 3.60. The van der Waals surface area contributed by atoms with Crippen LogP contribution in [0.3, 0.4) is 0 Å². The first-order valence-corrected chi connectivity index (χ1v) is 8.47. The summed E-state index contributed by atoms with van der Waals surface area (Å²) in [6.45, 7) is 5.09. The number of nitrogens with zero attached hydrogens (tertiary/aromatic N) is 1. The van der Waals surface area contributed by atoms with E-state index >= 15 is 0 Å². The van der Waals surface area contributed by atoms with E-state index in [-0.39, 0.29) is 11.9 Å². The van der Waals surface area contributed by atoms with Gasteiger partial charge in [0.1, 0.15) is 5.75 Å². The van der Waals surface area contributed by atoms with Crippen molar-refractivity contribution >= 4 is 11.6 Å². The van der Waals surface area contributed by atoms with Gasteiger partial charge in [0.05, 0.1) is 13.2 Å². The summed E-state index contributed by atoms with van der Waals surface area (Å²) >= 11 is 0. The van der Waals surface area contributed by atoms with E-state index in [4.69, 9.17) is 4.74 Å². The zero-order chi connectivity index (χ0) is 16.7. The first-order chi connectivity index (χ1) is 11.1. The van der Waals surface area contributed by atoms with Crippen molar-refractivity contribution in [1.82, 2.24) is 10.2 Å². The lowest BCUT2D eigenvalue weighted by molar-refractivity contribution is -0.121. The molecular formula is C18H29N3O2. The molecular weight excluding hydrogens is 290 g/mol. The molecule has 1 atom stereocenters. The van der Waals surface area contributed by atoms with Gasteiger partial charge in [-0.2, -0.15) is 0 Å². The fourth-order valence-corrected chi connectivity index (χ4v) is 3.06. The third-order valence-corrected chi connectivity index (χ3v) is 4.74. The van der Waals surface area contributed by atoms with Gasteiger partial charge < -0.3 is 15.4 Å². The molecule has 1 saturated heterocycles. The number of hydrogen-bond acceptors (Lipinski definition) is 4. The standard InChI is InChI=1S/C18H29N3O2/c1-14(21-12-9-15(10-13-21)8-11-19-2)18(22)20-16-4-6-17(23-3)7-5-16/h4-7,14-15,19H,8-13H2,1-3H3,(H,20,22). The minimum atomic E-state index is -0.0950. The Balaban J connectivity index is 1.80. The quantitative estimate of drug-likeness (QED) is 0.810. The van der Waals surface area contributed by atoms with Gasteiger partial charge in [0, 0.05) is 5.69 Å². The molecule has 2 N–H and O–H groups in total. The Labute approximate surface area is 139 Å². The van der Waals surface area contributed by atoms with Crippen molar-refractivity contribution in [1.29, 1.82) is 0 Å². The van der Waals surface area contributed by atoms with Gasteiger partial charge in [0.15, 0.2) is 0 Å². The topological polar surface area (TPSA) is 53.6 Å². The van der Waals surface area contributed by atoms with Gasteiger partial charge in [-0.1, -0.05) is 0 Å². The van der Waals surface area contributed by atoms with Crippen LogP contribution in [0.5, 0.6) is 5.75 Å². The van der Waals surface area contributed by atoms with Crippen LogP contribution in [0, 0.1) is 5.92 Å². The van der Waals surface area contributed by atoms with Gasteiger partial charge in [-0.15, -0.1) is 0 Å². The molecule has 23 heavy (non-hydrogen) atoms. The first-order valence-electron chi connectivity index (χ1n) is 8.47. The third kappa shape index (κ3) is 5.22. The molecule has 0 bridgehead atoms. The average molecular weight is 319 g/mol. The molecule has 0 saturated carbocycles. The zero-order valence-electron chi connectivity index (χ0n) is 14.5. The summed E-state index contributed by atoms with van der Waals surface area (Å²) in [6, 6.07) is 7.35. The lowest BCUT2D eigenvalue weighted by Gasteiger charge is -2.35. The molecule has 1 amide bonds. The number of carbonyl (C=O) groups is 1. The highest BCUT2D eigenvalue weighted by molar-refractivity contribution is 5.94. The summed E-state index contributed by atoms with van der Waals surface area (Å²) in [7, 11) is 3.64. The summed E-state index contributed by atoms with van der Waals surface area (Å²) in [5.74, 6) is 1.64. The number of likely N-dealkylation sites (tertiary alicyclic amines) is 1. The molecule has 1 fully saturated rings. The van der Waals surface area contributed by atoms with Gasteiger partial charge >= 0.3 is 0 Å². The molecule has 5 nitrogen and oxygen atoms in total. The Kier molecular flexibility index (Phi) is 6.86. The van der Waals surface area contributed by atoms with E-state index in [0.717, 1.165) is 37.0 Å². The highest BCUT2D eigenvalue weighted by Crippen LogP contribution is 2.22. The van der Waals surface area contributed by atoms with E-state index in [1.54, 1.807) is 7.11 Å². The van der Waals surface area contributed by atoms with E-state index in [1.165, 1.54) is 19.3 Å². The second kappa shape index (κ2) is 8.89. The smallest absolute Gasteiger partial charge is 0.241 e. The Hall–Kier alpha value is -1.59. The summed E-state index contributed by atoms with van der Waals surface area (Å²) < 4.78 is 5.13. The molecule has 2 rings (SSSR count). The number of hydrogen-bond donors (Lipinski definition) is 2. The molecule has 0 radical (unpaired) electrons. The van der Waals surface area contributed by atoms with Crippen molar-refractivity contribution in [3.8, 4) is 5.75 Å². The highest BCUT2D eigenvalue weighted by atomic mass is 16.5. The second-order valence-corrected chi connectivity index (χ2v) is 6.27. The van der Waals surface area contributed by atoms with Crippen LogP contribution in [0.2, 0.25) is 0 Å². The molecule has 1 aromatic carbocycles. The summed E-state index contributed by atoms with van der Waals surface area (Å²) in [5.41, 5.74) is 0.812. The maximum Gasteiger partial charge on any atom is 0.241 e. The Morgan fingerprint density at radius 1 is 1.30 bits per heavy atom. The van der Waals surface area contributed by atoms with Crippen LogP contribution in [0.25, 0.3) is 0 Å². The van der Waals surface area contributed by atoms with Crippen molar-refractivity contribution in [2.75, 3.05) is 39.1 Å². The average Bonchev–Trinajstić information content (AvgIpc) is 2.60. The van der Waals surface area contributed by atoms with Crippen LogP contribution < -0.4 is 15.4 Å². The van der Waals surface area contributed by atoms with Crippen LogP contribution in [0.15, 0.2) is 24.3 Å². The van der Waals surface area contributed by atoms with E-state index in [1.807, 2.05) is 38.2 Å². The lowest BCUT2D eigenvalue weighted by atomic mass is 9.93. The summed E-state index contributed by atoms with van der Waals surface area (Å²) in [4.78, 5) is 14.7. The maximum absolute atomic E-state index is 12.4. The first kappa shape index (κ1) is 17.8. The third-order valence-electron chi connectivity index (χ3n) is 4.74. The Morgan fingerprint density at radius 3 is 2.52 bits per heavy atom. The number of benzene rings is 1. The Morgan fingerprint density at radius 2 is 1.96 bits per heavy atom. The SMILES string of the molecule is CNCCC1CCN(C(C)C(=O)Nc2ccc(OC)cc2)CC1. The zero-order valence-corrected chi connectivity index (χ0v) is 14.5. The lowest BCUT2D eigenvalue weighted by Crippen LogP contribution is -2.46. The van der Waals surface area contributed by atoms with Crippen molar-refractivity contribution in [2.45, 2.75) is 32.2 Å². The number of methoxy groups -OCH3 is 1. The Bertz CT molecular complexity index is 482. The van der Waals surface area contributed by atoms with Crippen LogP contribution in [-0.2, 0) is 4.79 Å². The molecule has 0 aliphatic carbocycles. The fraction of sp³-hybridized carbons (Fsp3) is 0.611. The number of nitrogens with one attached hydrogen (secondary N) is 2. The summed E-state index contributed by atoms with van der Waals surface area (Å²) in [5, 5.41) is 6.21. The molecule has 0 spiro atoms. The molecule has 1 aliphatic rings. The molecule has 0 aromatic heterocycles. The molecule has 1 aromatic rings.